The Balaban J connectivity index is 1.81. The van der Waals surface area contributed by atoms with E-state index in [1.807, 2.05) is 24.7 Å². The van der Waals surface area contributed by atoms with E-state index in [-0.39, 0.29) is 0 Å². The number of rotatable bonds is 0. The van der Waals surface area contributed by atoms with Gasteiger partial charge in [-0.25, -0.2) is 4.98 Å². The molecule has 0 aliphatic heterocycles. The van der Waals surface area contributed by atoms with Crippen LogP contribution < -0.4 is 0 Å². The molecule has 4 heteroatoms. The number of hydrogen-bond acceptors (Lipinski definition) is 3. The Morgan fingerprint density at radius 3 is 2.74 bits per heavy atom. The molecule has 0 atom stereocenters. The molecule has 0 N–H and O–H groups in total. The van der Waals surface area contributed by atoms with Crippen molar-refractivity contribution in [2.24, 2.45) is 0 Å². The molecule has 0 saturated carbocycles. The van der Waals surface area contributed by atoms with Crippen LogP contribution >= 0.6 is 0 Å². The number of para-hydroxylation sites is 1. The van der Waals surface area contributed by atoms with Gasteiger partial charge in [0.15, 0.2) is 0 Å². The molecule has 4 nitrogen and oxygen atoms in total. The van der Waals surface area contributed by atoms with Crippen LogP contribution in [0.2, 0.25) is 0 Å². The van der Waals surface area contributed by atoms with E-state index in [1.165, 1.54) is 38.5 Å². The zero-order chi connectivity index (χ0) is 20.1. The van der Waals surface area contributed by atoms with E-state index in [9.17, 15) is 0 Å². The molecule has 7 aromatic rings. The molecule has 0 bridgehead atoms. The number of aromatic nitrogens is 3. The molecule has 0 saturated heterocycles. The molecular formula is C27H15N3O. The van der Waals surface area contributed by atoms with Crippen LogP contribution in [-0.2, 0) is 6.42 Å². The summed E-state index contributed by atoms with van der Waals surface area (Å²) in [6.45, 7) is 0. The van der Waals surface area contributed by atoms with E-state index in [0.717, 1.165) is 39.4 Å². The van der Waals surface area contributed by atoms with Gasteiger partial charge < -0.3 is 4.42 Å². The van der Waals surface area contributed by atoms with Crippen LogP contribution in [0.1, 0.15) is 11.1 Å². The third kappa shape index (κ3) is 1.78. The fourth-order valence-electron chi connectivity index (χ4n) is 5.55. The van der Waals surface area contributed by atoms with Crippen molar-refractivity contribution in [2.75, 3.05) is 0 Å². The molecule has 31 heavy (non-hydrogen) atoms. The van der Waals surface area contributed by atoms with Gasteiger partial charge in [-0.1, -0.05) is 42.5 Å². The zero-order valence-corrected chi connectivity index (χ0v) is 16.5. The summed E-state index contributed by atoms with van der Waals surface area (Å²) in [5.41, 5.74) is 9.22. The second-order valence-corrected chi connectivity index (χ2v) is 8.26. The summed E-state index contributed by atoms with van der Waals surface area (Å²) in [6, 6.07) is 19.2. The van der Waals surface area contributed by atoms with Gasteiger partial charge in [0.05, 0.1) is 5.52 Å². The van der Waals surface area contributed by atoms with Crippen molar-refractivity contribution >= 4 is 49.3 Å². The summed E-state index contributed by atoms with van der Waals surface area (Å²) in [5.74, 6) is 0. The highest BCUT2D eigenvalue weighted by Crippen LogP contribution is 2.50. The van der Waals surface area contributed by atoms with E-state index in [4.69, 9.17) is 9.40 Å². The molecule has 4 heterocycles. The monoisotopic (exact) mass is 397 g/mol. The number of hydrogen-bond donors (Lipinski definition) is 0. The predicted molar refractivity (Wildman–Crippen MR) is 124 cm³/mol. The highest BCUT2D eigenvalue weighted by Gasteiger charge is 2.29. The summed E-state index contributed by atoms with van der Waals surface area (Å²) in [4.78, 5) is 9.12. The molecule has 3 aromatic carbocycles. The largest absolute Gasteiger partial charge is 0.456 e. The highest BCUT2D eigenvalue weighted by molar-refractivity contribution is 6.31. The molecule has 1 aliphatic rings. The van der Waals surface area contributed by atoms with E-state index < -0.39 is 0 Å². The summed E-state index contributed by atoms with van der Waals surface area (Å²) >= 11 is 0. The summed E-state index contributed by atoms with van der Waals surface area (Å²) in [5, 5.41) is 5.76. The molecule has 0 unspecified atom stereocenters. The van der Waals surface area contributed by atoms with Gasteiger partial charge in [-0.15, -0.1) is 0 Å². The maximum Gasteiger partial charge on any atom is 0.146 e. The number of benzene rings is 3. The lowest BCUT2D eigenvalue weighted by atomic mass is 9.94. The van der Waals surface area contributed by atoms with Gasteiger partial charge in [-0.05, 0) is 28.6 Å². The third-order valence-corrected chi connectivity index (χ3v) is 6.76. The fourth-order valence-corrected chi connectivity index (χ4v) is 5.55. The first-order chi connectivity index (χ1) is 15.4. The average Bonchev–Trinajstić information content (AvgIpc) is 3.53. The van der Waals surface area contributed by atoms with Crippen molar-refractivity contribution in [2.45, 2.75) is 6.42 Å². The van der Waals surface area contributed by atoms with Crippen LogP contribution in [0.5, 0.6) is 0 Å². The van der Waals surface area contributed by atoms with Crippen molar-refractivity contribution < 1.29 is 4.42 Å². The minimum absolute atomic E-state index is 0.877. The quantitative estimate of drug-likeness (QED) is 0.274. The standard InChI is InChI=1S/C27H15N3O/c1-2-6-16-15(5-1)13-19-22(16)25-23(24-18-7-3-4-8-21(18)31-26(19)24)17-9-10-28-14-20(17)27-29-11-12-30(25)27/h1-12,14H,13H2. The van der Waals surface area contributed by atoms with Crippen molar-refractivity contribution in [1.29, 1.82) is 0 Å². The maximum atomic E-state index is 6.54. The molecule has 4 aromatic heterocycles. The van der Waals surface area contributed by atoms with Gasteiger partial charge in [0.2, 0.25) is 0 Å². The van der Waals surface area contributed by atoms with Crippen LogP contribution in [0.3, 0.4) is 0 Å². The topological polar surface area (TPSA) is 43.3 Å². The fraction of sp³-hybridized carbons (Fsp3) is 0.0370. The number of fused-ring (bicyclic) bond motifs is 15. The van der Waals surface area contributed by atoms with Gasteiger partial charge >= 0.3 is 0 Å². The lowest BCUT2D eigenvalue weighted by Crippen LogP contribution is -1.96. The molecule has 0 radical (unpaired) electrons. The molecule has 0 fully saturated rings. The van der Waals surface area contributed by atoms with Crippen molar-refractivity contribution in [1.82, 2.24) is 14.4 Å². The molecule has 144 valence electrons. The van der Waals surface area contributed by atoms with E-state index in [2.05, 4.69) is 64.1 Å². The number of nitrogens with zero attached hydrogens (tertiary/aromatic N) is 3. The maximum absolute atomic E-state index is 6.54. The lowest BCUT2D eigenvalue weighted by molar-refractivity contribution is 0.665. The predicted octanol–water partition coefficient (Wildman–Crippen LogP) is 6.51. The van der Waals surface area contributed by atoms with Crippen molar-refractivity contribution in [3.05, 3.63) is 90.5 Å². The van der Waals surface area contributed by atoms with Gasteiger partial charge in [-0.2, -0.15) is 0 Å². The average molecular weight is 397 g/mol. The van der Waals surface area contributed by atoms with Crippen LogP contribution in [0.25, 0.3) is 60.4 Å². The first-order valence-electron chi connectivity index (χ1n) is 10.5. The van der Waals surface area contributed by atoms with Gasteiger partial charge in [0, 0.05) is 63.9 Å². The summed E-state index contributed by atoms with van der Waals surface area (Å²) < 4.78 is 8.77. The Labute approximate surface area is 176 Å². The third-order valence-electron chi connectivity index (χ3n) is 6.76. The lowest BCUT2D eigenvalue weighted by Gasteiger charge is -2.14. The number of imidazole rings is 1. The number of furan rings is 1. The molecule has 0 spiro atoms. The van der Waals surface area contributed by atoms with Crippen molar-refractivity contribution in [3.8, 4) is 11.1 Å². The van der Waals surface area contributed by atoms with E-state index in [0.29, 0.717) is 0 Å². The molecule has 1 aliphatic carbocycles. The van der Waals surface area contributed by atoms with E-state index in [1.54, 1.807) is 0 Å². The minimum Gasteiger partial charge on any atom is -0.456 e. The van der Waals surface area contributed by atoms with Gasteiger partial charge in [0.1, 0.15) is 16.8 Å². The van der Waals surface area contributed by atoms with Gasteiger partial charge in [0.25, 0.3) is 0 Å². The Kier molecular flexibility index (Phi) is 2.67. The SMILES string of the molecule is c1ccc2c(c1)Cc1c-2c2c(c3ccncc3c3nccn32)c2c1oc1ccccc12. The molecule has 8 rings (SSSR count). The molecular weight excluding hydrogens is 382 g/mol. The smallest absolute Gasteiger partial charge is 0.146 e. The van der Waals surface area contributed by atoms with Crippen LogP contribution in [0.15, 0.2) is 83.8 Å². The Bertz CT molecular complexity index is 1870. The normalized spacial score (nSPS) is 13.0. The Morgan fingerprint density at radius 2 is 1.74 bits per heavy atom. The zero-order valence-electron chi connectivity index (χ0n) is 16.5. The Hall–Kier alpha value is -4.18. The van der Waals surface area contributed by atoms with E-state index >= 15 is 0 Å². The highest BCUT2D eigenvalue weighted by atomic mass is 16.3. The number of pyridine rings is 2. The second-order valence-electron chi connectivity index (χ2n) is 8.26. The minimum atomic E-state index is 0.877. The van der Waals surface area contributed by atoms with Crippen LogP contribution in [0, 0.1) is 0 Å². The van der Waals surface area contributed by atoms with Crippen molar-refractivity contribution in [3.63, 3.8) is 0 Å². The van der Waals surface area contributed by atoms with Gasteiger partial charge in [-0.3, -0.25) is 9.38 Å². The van der Waals surface area contributed by atoms with Crippen LogP contribution in [0.4, 0.5) is 0 Å². The first kappa shape index (κ1) is 15.6. The summed E-state index contributed by atoms with van der Waals surface area (Å²) in [6.07, 6.45) is 8.62. The second kappa shape index (κ2) is 5.29. The Morgan fingerprint density at radius 1 is 0.839 bits per heavy atom. The molecule has 0 amide bonds. The van der Waals surface area contributed by atoms with Crippen LogP contribution in [-0.4, -0.2) is 14.4 Å². The summed E-state index contributed by atoms with van der Waals surface area (Å²) in [7, 11) is 0. The first-order valence-corrected chi connectivity index (χ1v) is 10.5.